The second kappa shape index (κ2) is 4.92. The first-order valence-corrected chi connectivity index (χ1v) is 5.75. The van der Waals surface area contributed by atoms with E-state index in [-0.39, 0.29) is 11.7 Å². The largest absolute Gasteiger partial charge is 0.506 e. The minimum absolute atomic E-state index is 0.0659. The molecule has 1 amide bonds. The van der Waals surface area contributed by atoms with Crippen LogP contribution in [0.4, 0.5) is 5.69 Å². The van der Waals surface area contributed by atoms with Crippen LogP contribution in [0.25, 0.3) is 0 Å². The molecule has 0 heterocycles. The van der Waals surface area contributed by atoms with Crippen molar-refractivity contribution in [2.75, 3.05) is 5.32 Å². The lowest BCUT2D eigenvalue weighted by Crippen LogP contribution is -2.13. The van der Waals surface area contributed by atoms with Crippen molar-refractivity contribution in [1.82, 2.24) is 0 Å². The smallest absolute Gasteiger partial charge is 0.256 e. The van der Waals surface area contributed by atoms with Gasteiger partial charge >= 0.3 is 0 Å². The normalized spacial score (nSPS) is 10.1. The topological polar surface area (TPSA) is 49.3 Å². The van der Waals surface area contributed by atoms with E-state index in [0.29, 0.717) is 11.3 Å². The quantitative estimate of drug-likeness (QED) is 0.793. The number of hydrogen-bond donors (Lipinski definition) is 2. The fraction of sp³-hybridized carbons (Fsp3) is 0.133. The Morgan fingerprint density at radius 3 is 2.50 bits per heavy atom. The molecule has 18 heavy (non-hydrogen) atoms. The Kier molecular flexibility index (Phi) is 3.33. The average Bonchev–Trinajstić information content (AvgIpc) is 2.35. The van der Waals surface area contributed by atoms with Gasteiger partial charge in [-0.2, -0.15) is 0 Å². The Labute approximate surface area is 106 Å². The van der Waals surface area contributed by atoms with Crippen molar-refractivity contribution in [2.45, 2.75) is 13.8 Å². The molecule has 2 N–H and O–H groups in total. The standard InChI is InChI=1S/C15H15NO2/c1-10-6-5-7-12(11(10)2)15(18)16-13-8-3-4-9-14(13)17/h3-9,17H,1-2H3,(H,16,18). The van der Waals surface area contributed by atoms with Crippen LogP contribution in [0, 0.1) is 13.8 Å². The molecule has 0 unspecified atom stereocenters. The van der Waals surface area contributed by atoms with E-state index in [0.717, 1.165) is 11.1 Å². The van der Waals surface area contributed by atoms with Crippen molar-refractivity contribution in [1.29, 1.82) is 0 Å². The van der Waals surface area contributed by atoms with Crippen molar-refractivity contribution < 1.29 is 9.90 Å². The van der Waals surface area contributed by atoms with Gasteiger partial charge in [0.15, 0.2) is 0 Å². The van der Waals surface area contributed by atoms with Crippen LogP contribution in [-0.2, 0) is 0 Å². The van der Waals surface area contributed by atoms with E-state index in [4.69, 9.17) is 0 Å². The first-order chi connectivity index (χ1) is 8.59. The second-order valence-electron chi connectivity index (χ2n) is 4.22. The number of phenols is 1. The molecule has 0 aliphatic carbocycles. The fourth-order valence-corrected chi connectivity index (χ4v) is 1.77. The molecule has 0 spiro atoms. The molecule has 0 aliphatic rings. The molecule has 0 aromatic heterocycles. The van der Waals surface area contributed by atoms with E-state index >= 15 is 0 Å². The Morgan fingerprint density at radius 1 is 1.06 bits per heavy atom. The summed E-state index contributed by atoms with van der Waals surface area (Å²) < 4.78 is 0. The predicted molar refractivity (Wildman–Crippen MR) is 72.0 cm³/mol. The summed E-state index contributed by atoms with van der Waals surface area (Å²) >= 11 is 0. The maximum Gasteiger partial charge on any atom is 0.256 e. The van der Waals surface area contributed by atoms with Gasteiger partial charge in [-0.15, -0.1) is 0 Å². The highest BCUT2D eigenvalue weighted by molar-refractivity contribution is 6.06. The van der Waals surface area contributed by atoms with E-state index in [9.17, 15) is 9.90 Å². The first kappa shape index (κ1) is 12.2. The van der Waals surface area contributed by atoms with Crippen molar-refractivity contribution in [3.8, 4) is 5.75 Å². The highest BCUT2D eigenvalue weighted by Crippen LogP contribution is 2.23. The van der Waals surface area contributed by atoms with E-state index in [1.165, 1.54) is 0 Å². The zero-order chi connectivity index (χ0) is 13.1. The van der Waals surface area contributed by atoms with Gasteiger partial charge in [-0.25, -0.2) is 0 Å². The number of anilines is 1. The zero-order valence-corrected chi connectivity index (χ0v) is 10.4. The third kappa shape index (κ3) is 2.35. The van der Waals surface area contributed by atoms with Gasteiger partial charge < -0.3 is 10.4 Å². The Balaban J connectivity index is 2.28. The molecule has 3 heteroatoms. The Bertz CT molecular complexity index is 591. The molecule has 0 saturated carbocycles. The van der Waals surface area contributed by atoms with Crippen LogP contribution in [0.3, 0.4) is 0 Å². The average molecular weight is 241 g/mol. The summed E-state index contributed by atoms with van der Waals surface area (Å²) in [4.78, 5) is 12.1. The van der Waals surface area contributed by atoms with Gasteiger partial charge in [0, 0.05) is 5.56 Å². The zero-order valence-electron chi connectivity index (χ0n) is 10.4. The lowest BCUT2D eigenvalue weighted by molar-refractivity contribution is 0.102. The highest BCUT2D eigenvalue weighted by atomic mass is 16.3. The van der Waals surface area contributed by atoms with Crippen LogP contribution in [0.5, 0.6) is 5.75 Å². The maximum atomic E-state index is 12.1. The number of benzene rings is 2. The molecule has 0 radical (unpaired) electrons. The summed E-state index contributed by atoms with van der Waals surface area (Å²) in [7, 11) is 0. The summed E-state index contributed by atoms with van der Waals surface area (Å²) in [6.45, 7) is 3.88. The number of carbonyl (C=O) groups excluding carboxylic acids is 1. The molecule has 2 aromatic rings. The number of aromatic hydroxyl groups is 1. The Morgan fingerprint density at radius 2 is 1.78 bits per heavy atom. The summed E-state index contributed by atoms with van der Waals surface area (Å²) in [5, 5.41) is 12.3. The van der Waals surface area contributed by atoms with Crippen LogP contribution in [0.2, 0.25) is 0 Å². The predicted octanol–water partition coefficient (Wildman–Crippen LogP) is 3.26. The number of nitrogens with one attached hydrogen (secondary N) is 1. The molecule has 0 aliphatic heterocycles. The minimum atomic E-state index is -0.210. The molecule has 0 fully saturated rings. The highest BCUT2D eigenvalue weighted by Gasteiger charge is 2.11. The molecule has 92 valence electrons. The monoisotopic (exact) mass is 241 g/mol. The number of phenolic OH excluding ortho intramolecular Hbond substituents is 1. The summed E-state index contributed by atoms with van der Waals surface area (Å²) in [6, 6.07) is 12.3. The number of rotatable bonds is 2. The lowest BCUT2D eigenvalue weighted by Gasteiger charge is -2.10. The maximum absolute atomic E-state index is 12.1. The summed E-state index contributed by atoms with van der Waals surface area (Å²) in [5.41, 5.74) is 3.06. The van der Waals surface area contributed by atoms with Crippen molar-refractivity contribution in [2.24, 2.45) is 0 Å². The number of amides is 1. The van der Waals surface area contributed by atoms with Gasteiger partial charge in [0.05, 0.1) is 5.69 Å². The molecule has 0 atom stereocenters. The van der Waals surface area contributed by atoms with Crippen molar-refractivity contribution >= 4 is 11.6 Å². The van der Waals surface area contributed by atoms with E-state index < -0.39 is 0 Å². The Hall–Kier alpha value is -2.29. The number of carbonyl (C=O) groups is 1. The second-order valence-corrected chi connectivity index (χ2v) is 4.22. The molecular weight excluding hydrogens is 226 g/mol. The number of hydrogen-bond acceptors (Lipinski definition) is 2. The number of aryl methyl sites for hydroxylation is 1. The van der Waals surface area contributed by atoms with Crippen molar-refractivity contribution in [3.63, 3.8) is 0 Å². The van der Waals surface area contributed by atoms with Crippen LogP contribution in [0.15, 0.2) is 42.5 Å². The van der Waals surface area contributed by atoms with E-state index in [1.807, 2.05) is 26.0 Å². The van der Waals surface area contributed by atoms with Gasteiger partial charge in [0.2, 0.25) is 0 Å². The molecule has 2 rings (SSSR count). The van der Waals surface area contributed by atoms with Gasteiger partial charge in [-0.1, -0.05) is 24.3 Å². The van der Waals surface area contributed by atoms with Gasteiger partial charge in [0.1, 0.15) is 5.75 Å². The molecule has 0 bridgehead atoms. The van der Waals surface area contributed by atoms with Gasteiger partial charge in [-0.05, 0) is 43.2 Å². The summed E-state index contributed by atoms with van der Waals surface area (Å²) in [5.74, 6) is -0.145. The fourth-order valence-electron chi connectivity index (χ4n) is 1.77. The third-order valence-corrected chi connectivity index (χ3v) is 3.00. The molecule has 0 saturated heterocycles. The van der Waals surface area contributed by atoms with E-state index in [2.05, 4.69) is 5.32 Å². The molecule has 3 nitrogen and oxygen atoms in total. The summed E-state index contributed by atoms with van der Waals surface area (Å²) in [6.07, 6.45) is 0. The minimum Gasteiger partial charge on any atom is -0.506 e. The van der Waals surface area contributed by atoms with Gasteiger partial charge in [-0.3, -0.25) is 4.79 Å². The van der Waals surface area contributed by atoms with E-state index in [1.54, 1.807) is 30.3 Å². The first-order valence-electron chi connectivity index (χ1n) is 5.75. The van der Waals surface area contributed by atoms with Crippen LogP contribution in [-0.4, -0.2) is 11.0 Å². The molecular formula is C15H15NO2. The number of para-hydroxylation sites is 2. The lowest BCUT2D eigenvalue weighted by atomic mass is 10.0. The van der Waals surface area contributed by atoms with Crippen LogP contribution in [0.1, 0.15) is 21.5 Å². The third-order valence-electron chi connectivity index (χ3n) is 3.00. The molecule has 2 aromatic carbocycles. The SMILES string of the molecule is Cc1cccc(C(=O)Nc2ccccc2O)c1C. The van der Waals surface area contributed by atoms with Crippen LogP contribution < -0.4 is 5.32 Å². The van der Waals surface area contributed by atoms with Crippen LogP contribution >= 0.6 is 0 Å². The van der Waals surface area contributed by atoms with Crippen molar-refractivity contribution in [3.05, 3.63) is 59.2 Å². The van der Waals surface area contributed by atoms with Gasteiger partial charge in [0.25, 0.3) is 5.91 Å².